The molecule has 16 heavy (non-hydrogen) atoms. The average molecular weight is 216 g/mol. The molecule has 0 aliphatic heterocycles. The third kappa shape index (κ3) is 2.28. The van der Waals surface area contributed by atoms with Crippen molar-refractivity contribution in [3.05, 3.63) is 71.5 Å². The Hall–Kier alpha value is -1.67. The lowest BCUT2D eigenvalue weighted by Crippen LogP contribution is -2.03. The summed E-state index contributed by atoms with van der Waals surface area (Å²) in [4.78, 5) is 0. The van der Waals surface area contributed by atoms with Gasteiger partial charge in [-0.25, -0.2) is 4.39 Å². The molecule has 0 fully saturated rings. The van der Waals surface area contributed by atoms with Gasteiger partial charge in [0, 0.05) is 7.11 Å². The van der Waals surface area contributed by atoms with Crippen molar-refractivity contribution < 1.29 is 9.13 Å². The van der Waals surface area contributed by atoms with E-state index in [-0.39, 0.29) is 11.9 Å². The summed E-state index contributed by atoms with van der Waals surface area (Å²) < 4.78 is 18.3. The van der Waals surface area contributed by atoms with E-state index >= 15 is 0 Å². The molecule has 82 valence electrons. The number of benzene rings is 2. The molecule has 0 aliphatic rings. The zero-order valence-electron chi connectivity index (χ0n) is 9.06. The second kappa shape index (κ2) is 4.90. The molecule has 0 amide bonds. The van der Waals surface area contributed by atoms with Gasteiger partial charge >= 0.3 is 0 Å². The van der Waals surface area contributed by atoms with E-state index in [0.29, 0.717) is 0 Å². The van der Waals surface area contributed by atoms with Gasteiger partial charge in [-0.3, -0.25) is 0 Å². The molecule has 1 atom stereocenters. The summed E-state index contributed by atoms with van der Waals surface area (Å²) in [5.41, 5.74) is 2.02. The highest BCUT2D eigenvalue weighted by atomic mass is 19.1. The highest BCUT2D eigenvalue weighted by Crippen LogP contribution is 2.24. The van der Waals surface area contributed by atoms with Gasteiger partial charge in [-0.05, 0) is 23.3 Å². The van der Waals surface area contributed by atoms with Crippen LogP contribution in [0.15, 0.2) is 54.6 Å². The van der Waals surface area contributed by atoms with E-state index < -0.39 is 0 Å². The van der Waals surface area contributed by atoms with Gasteiger partial charge in [0.05, 0.1) is 0 Å². The number of hydrogen-bond acceptors (Lipinski definition) is 1. The van der Waals surface area contributed by atoms with E-state index in [1.807, 2.05) is 30.3 Å². The second-order valence-corrected chi connectivity index (χ2v) is 3.58. The summed E-state index contributed by atoms with van der Waals surface area (Å²) in [7, 11) is 1.65. The van der Waals surface area contributed by atoms with Gasteiger partial charge in [-0.15, -0.1) is 0 Å². The van der Waals surface area contributed by atoms with Crippen molar-refractivity contribution in [2.75, 3.05) is 7.11 Å². The third-order valence-corrected chi connectivity index (χ3v) is 2.51. The van der Waals surface area contributed by atoms with Gasteiger partial charge in [-0.2, -0.15) is 0 Å². The lowest BCUT2D eigenvalue weighted by atomic mass is 10.0. The molecule has 0 spiro atoms. The second-order valence-electron chi connectivity index (χ2n) is 3.58. The third-order valence-electron chi connectivity index (χ3n) is 2.51. The SMILES string of the molecule is COC(c1ccccc1)c1ccc(F)cc1. The molecule has 0 bridgehead atoms. The van der Waals surface area contributed by atoms with Crippen LogP contribution in [0.4, 0.5) is 4.39 Å². The number of rotatable bonds is 3. The van der Waals surface area contributed by atoms with Gasteiger partial charge in [-0.1, -0.05) is 42.5 Å². The van der Waals surface area contributed by atoms with Crippen LogP contribution in [0.2, 0.25) is 0 Å². The molecule has 2 heteroatoms. The highest BCUT2D eigenvalue weighted by Gasteiger charge is 2.12. The first kappa shape index (κ1) is 10.8. The lowest BCUT2D eigenvalue weighted by Gasteiger charge is -2.16. The quantitative estimate of drug-likeness (QED) is 0.762. The first-order valence-electron chi connectivity index (χ1n) is 5.14. The predicted octanol–water partition coefficient (Wildman–Crippen LogP) is 3.56. The van der Waals surface area contributed by atoms with Gasteiger partial charge in [0.1, 0.15) is 11.9 Å². The van der Waals surface area contributed by atoms with Gasteiger partial charge in [0.2, 0.25) is 0 Å². The van der Waals surface area contributed by atoms with Crippen molar-refractivity contribution in [1.29, 1.82) is 0 Å². The van der Waals surface area contributed by atoms with E-state index in [0.717, 1.165) is 11.1 Å². The summed E-state index contributed by atoms with van der Waals surface area (Å²) in [5.74, 6) is -0.230. The van der Waals surface area contributed by atoms with Crippen LogP contribution in [0.5, 0.6) is 0 Å². The summed E-state index contributed by atoms with van der Waals surface area (Å²) >= 11 is 0. The molecule has 0 radical (unpaired) electrons. The maximum atomic E-state index is 12.8. The minimum atomic E-state index is -0.230. The van der Waals surface area contributed by atoms with Gasteiger partial charge in [0.15, 0.2) is 0 Å². The first-order valence-corrected chi connectivity index (χ1v) is 5.14. The van der Waals surface area contributed by atoms with Crippen LogP contribution in [0.1, 0.15) is 17.2 Å². The first-order chi connectivity index (χ1) is 7.81. The fraction of sp³-hybridized carbons (Fsp3) is 0.143. The fourth-order valence-electron chi connectivity index (χ4n) is 1.73. The standard InChI is InChI=1S/C14H13FO/c1-16-14(11-5-3-2-4-6-11)12-7-9-13(15)10-8-12/h2-10,14H,1H3. The fourth-order valence-corrected chi connectivity index (χ4v) is 1.73. The number of ether oxygens (including phenoxy) is 1. The molecule has 0 saturated carbocycles. The summed E-state index contributed by atoms with van der Waals surface area (Å²) in [6.07, 6.45) is -0.137. The van der Waals surface area contributed by atoms with E-state index in [9.17, 15) is 4.39 Å². The van der Waals surface area contributed by atoms with Crippen LogP contribution in [-0.4, -0.2) is 7.11 Å². The van der Waals surface area contributed by atoms with Crippen molar-refractivity contribution >= 4 is 0 Å². The van der Waals surface area contributed by atoms with E-state index in [1.165, 1.54) is 12.1 Å². The molecule has 2 rings (SSSR count). The number of halogens is 1. The van der Waals surface area contributed by atoms with Crippen LogP contribution < -0.4 is 0 Å². The molecule has 1 unspecified atom stereocenters. The molecule has 0 aromatic heterocycles. The summed E-state index contributed by atoms with van der Waals surface area (Å²) in [6, 6.07) is 16.3. The Balaban J connectivity index is 2.33. The largest absolute Gasteiger partial charge is 0.372 e. The Kier molecular flexibility index (Phi) is 3.32. The maximum absolute atomic E-state index is 12.8. The van der Waals surface area contributed by atoms with E-state index in [1.54, 1.807) is 19.2 Å². The Labute approximate surface area is 94.5 Å². The molecule has 2 aromatic carbocycles. The van der Waals surface area contributed by atoms with Gasteiger partial charge < -0.3 is 4.74 Å². The monoisotopic (exact) mass is 216 g/mol. The van der Waals surface area contributed by atoms with Crippen molar-refractivity contribution in [3.8, 4) is 0 Å². The highest BCUT2D eigenvalue weighted by molar-refractivity contribution is 5.30. The Bertz CT molecular complexity index is 436. The number of methoxy groups -OCH3 is 1. The molecule has 2 aromatic rings. The average Bonchev–Trinajstić information content (AvgIpc) is 2.34. The molecular formula is C14H13FO. The summed E-state index contributed by atoms with van der Waals surface area (Å²) in [5, 5.41) is 0. The molecular weight excluding hydrogens is 203 g/mol. The van der Waals surface area contributed by atoms with Crippen LogP contribution >= 0.6 is 0 Å². The summed E-state index contributed by atoms with van der Waals surface area (Å²) in [6.45, 7) is 0. The Morgan fingerprint density at radius 2 is 1.44 bits per heavy atom. The van der Waals surface area contributed by atoms with Crippen LogP contribution in [-0.2, 0) is 4.74 Å². The normalized spacial score (nSPS) is 12.4. The zero-order chi connectivity index (χ0) is 11.4. The minimum absolute atomic E-state index is 0.137. The molecule has 0 aliphatic carbocycles. The number of hydrogen-bond donors (Lipinski definition) is 0. The Morgan fingerprint density at radius 3 is 2.00 bits per heavy atom. The van der Waals surface area contributed by atoms with Crippen LogP contribution in [0.25, 0.3) is 0 Å². The smallest absolute Gasteiger partial charge is 0.123 e. The van der Waals surface area contributed by atoms with Crippen molar-refractivity contribution in [2.45, 2.75) is 6.10 Å². The van der Waals surface area contributed by atoms with Gasteiger partial charge in [0.25, 0.3) is 0 Å². The molecule has 0 N–H and O–H groups in total. The predicted molar refractivity (Wildman–Crippen MR) is 61.7 cm³/mol. The van der Waals surface area contributed by atoms with E-state index in [4.69, 9.17) is 4.74 Å². The molecule has 0 saturated heterocycles. The van der Waals surface area contributed by atoms with Crippen LogP contribution in [0, 0.1) is 5.82 Å². The minimum Gasteiger partial charge on any atom is -0.372 e. The van der Waals surface area contributed by atoms with Crippen LogP contribution in [0.3, 0.4) is 0 Å². The topological polar surface area (TPSA) is 9.23 Å². The van der Waals surface area contributed by atoms with Crippen molar-refractivity contribution in [3.63, 3.8) is 0 Å². The van der Waals surface area contributed by atoms with E-state index in [2.05, 4.69) is 0 Å². The lowest BCUT2D eigenvalue weighted by molar-refractivity contribution is 0.136. The molecule has 0 heterocycles. The maximum Gasteiger partial charge on any atom is 0.123 e. The van der Waals surface area contributed by atoms with Crippen molar-refractivity contribution in [2.24, 2.45) is 0 Å². The van der Waals surface area contributed by atoms with Crippen molar-refractivity contribution in [1.82, 2.24) is 0 Å². The Morgan fingerprint density at radius 1 is 0.875 bits per heavy atom. The molecule has 1 nitrogen and oxygen atoms in total. The zero-order valence-corrected chi connectivity index (χ0v) is 9.06.